The van der Waals surface area contributed by atoms with Gasteiger partial charge in [0, 0.05) is 10.5 Å². The Hall–Kier alpha value is -2.05. The number of hydrogen-bond acceptors (Lipinski definition) is 4. The number of carbonyl (C=O) groups excluding carboxylic acids is 2. The molecule has 0 heterocycles. The second-order valence-electron chi connectivity index (χ2n) is 6.88. The zero-order valence-corrected chi connectivity index (χ0v) is 17.1. The molecule has 1 amide bonds. The highest BCUT2D eigenvalue weighted by Crippen LogP contribution is 2.35. The van der Waals surface area contributed by atoms with Crippen LogP contribution in [0.25, 0.3) is 0 Å². The van der Waals surface area contributed by atoms with Crippen molar-refractivity contribution in [1.82, 2.24) is 0 Å². The van der Waals surface area contributed by atoms with Crippen LogP contribution in [0.1, 0.15) is 38.1 Å². The summed E-state index contributed by atoms with van der Waals surface area (Å²) in [6.07, 6.45) is 0. The Balaban J connectivity index is 2.18. The van der Waals surface area contributed by atoms with Gasteiger partial charge < -0.3 is 10.1 Å². The second kappa shape index (κ2) is 8.76. The Kier molecular flexibility index (Phi) is 6.89. The first-order valence-corrected chi connectivity index (χ1v) is 9.57. The molecule has 0 bridgehead atoms. The fraction of sp³-hybridized carbons (Fsp3) is 0.300. The van der Waals surface area contributed by atoms with Crippen LogP contribution >= 0.6 is 23.4 Å². The third-order valence-corrected chi connectivity index (χ3v) is 4.91. The number of hydrogen-bond donors (Lipinski definition) is 1. The molecule has 0 aliphatic heterocycles. The van der Waals surface area contributed by atoms with Gasteiger partial charge in [0.2, 0.25) is 0 Å². The number of esters is 1. The van der Waals surface area contributed by atoms with Gasteiger partial charge in [-0.3, -0.25) is 9.59 Å². The number of benzene rings is 2. The van der Waals surface area contributed by atoms with Gasteiger partial charge in [-0.2, -0.15) is 0 Å². The zero-order chi connectivity index (χ0) is 20.2. The van der Waals surface area contributed by atoms with Crippen LogP contribution in [0.2, 0.25) is 5.02 Å². The number of rotatable bonds is 5. The lowest BCUT2D eigenvalue weighted by Crippen LogP contribution is -2.28. The maximum Gasteiger partial charge on any atom is 0.319 e. The highest BCUT2D eigenvalue weighted by atomic mass is 35.5. The number of anilines is 1. The molecular formula is C20H21ClFNO3S. The average Bonchev–Trinajstić information content (AvgIpc) is 2.58. The van der Waals surface area contributed by atoms with E-state index in [2.05, 4.69) is 5.32 Å². The zero-order valence-electron chi connectivity index (χ0n) is 15.5. The summed E-state index contributed by atoms with van der Waals surface area (Å²) in [5, 5.41) is 2.14. The maximum atomic E-state index is 14.2. The van der Waals surface area contributed by atoms with Crippen molar-refractivity contribution < 1.29 is 18.7 Å². The molecule has 1 atom stereocenters. The second-order valence-corrected chi connectivity index (χ2v) is 8.67. The fourth-order valence-electron chi connectivity index (χ4n) is 2.12. The Bertz CT molecular complexity index is 837. The lowest BCUT2D eigenvalue weighted by Gasteiger charge is -2.22. The summed E-state index contributed by atoms with van der Waals surface area (Å²) in [5.41, 5.74) is -0.205. The fourth-order valence-corrected chi connectivity index (χ4v) is 3.29. The van der Waals surface area contributed by atoms with Crippen LogP contribution in [0.4, 0.5) is 10.1 Å². The number of carbonyl (C=O) groups is 2. The molecule has 0 aliphatic rings. The largest absolute Gasteiger partial charge is 0.459 e. The Labute approximate surface area is 167 Å². The van der Waals surface area contributed by atoms with Crippen molar-refractivity contribution in [2.75, 3.05) is 5.32 Å². The molecule has 144 valence electrons. The van der Waals surface area contributed by atoms with E-state index in [9.17, 15) is 14.0 Å². The molecule has 4 nitrogen and oxygen atoms in total. The van der Waals surface area contributed by atoms with Gasteiger partial charge in [-0.15, -0.1) is 11.8 Å². The van der Waals surface area contributed by atoms with E-state index < -0.39 is 28.5 Å². The molecule has 2 rings (SSSR count). The van der Waals surface area contributed by atoms with Crippen LogP contribution in [0.15, 0.2) is 47.4 Å². The minimum absolute atomic E-state index is 0.00728. The lowest BCUT2D eigenvalue weighted by molar-refractivity contribution is -0.153. The van der Waals surface area contributed by atoms with Crippen LogP contribution in [0.3, 0.4) is 0 Å². The number of nitrogens with one attached hydrogen (secondary N) is 1. The number of ether oxygens (including phenoxy) is 1. The predicted molar refractivity (Wildman–Crippen MR) is 107 cm³/mol. The molecule has 1 N–H and O–H groups in total. The van der Waals surface area contributed by atoms with Crippen molar-refractivity contribution in [3.8, 4) is 0 Å². The van der Waals surface area contributed by atoms with Crippen LogP contribution in [-0.2, 0) is 9.53 Å². The summed E-state index contributed by atoms with van der Waals surface area (Å²) in [4.78, 5) is 24.9. The molecule has 1 unspecified atom stereocenters. The maximum absolute atomic E-state index is 14.2. The van der Waals surface area contributed by atoms with E-state index in [0.29, 0.717) is 10.5 Å². The summed E-state index contributed by atoms with van der Waals surface area (Å²) in [5.74, 6) is -1.49. The van der Waals surface area contributed by atoms with E-state index in [-0.39, 0.29) is 10.7 Å². The Morgan fingerprint density at radius 2 is 1.81 bits per heavy atom. The van der Waals surface area contributed by atoms with Gasteiger partial charge in [0.05, 0.1) is 10.7 Å². The quantitative estimate of drug-likeness (QED) is 0.519. The van der Waals surface area contributed by atoms with Crippen molar-refractivity contribution in [2.24, 2.45) is 0 Å². The SMILES string of the molecule is CC(Sc1cc(NC(=O)c2ccccc2)c(F)cc1Cl)C(=O)OC(C)(C)C. The van der Waals surface area contributed by atoms with Crippen LogP contribution in [0.5, 0.6) is 0 Å². The lowest BCUT2D eigenvalue weighted by atomic mass is 10.2. The van der Waals surface area contributed by atoms with Crippen LogP contribution in [-0.4, -0.2) is 22.7 Å². The Morgan fingerprint density at radius 3 is 2.41 bits per heavy atom. The first-order chi connectivity index (χ1) is 12.6. The molecule has 0 spiro atoms. The molecule has 0 aromatic heterocycles. The van der Waals surface area contributed by atoms with E-state index >= 15 is 0 Å². The molecule has 0 aliphatic carbocycles. The minimum atomic E-state index is -0.654. The van der Waals surface area contributed by atoms with Crippen LogP contribution < -0.4 is 5.32 Å². The van der Waals surface area contributed by atoms with Gasteiger partial charge in [-0.25, -0.2) is 4.39 Å². The normalized spacial score (nSPS) is 12.4. The molecular weight excluding hydrogens is 389 g/mol. The van der Waals surface area contributed by atoms with Gasteiger partial charge >= 0.3 is 5.97 Å². The van der Waals surface area contributed by atoms with Gasteiger partial charge in [-0.1, -0.05) is 29.8 Å². The third-order valence-electron chi connectivity index (χ3n) is 3.35. The van der Waals surface area contributed by atoms with Crippen molar-refractivity contribution >= 4 is 40.9 Å². The number of amides is 1. The minimum Gasteiger partial charge on any atom is -0.459 e. The van der Waals surface area contributed by atoms with E-state index in [1.807, 2.05) is 0 Å². The number of halogens is 2. The van der Waals surface area contributed by atoms with E-state index in [0.717, 1.165) is 17.8 Å². The summed E-state index contributed by atoms with van der Waals surface area (Å²) in [7, 11) is 0. The molecule has 0 saturated carbocycles. The standard InChI is InChI=1S/C20H21ClFNO3S/c1-12(19(25)26-20(2,3)4)27-17-11-16(15(22)10-14(17)21)23-18(24)13-8-6-5-7-9-13/h5-12H,1-4H3,(H,23,24). The monoisotopic (exact) mass is 409 g/mol. The first kappa shape index (κ1) is 21.3. The van der Waals surface area contributed by atoms with Gasteiger partial charge in [0.15, 0.2) is 0 Å². The molecule has 2 aromatic carbocycles. The molecule has 7 heteroatoms. The molecule has 27 heavy (non-hydrogen) atoms. The Morgan fingerprint density at radius 1 is 1.19 bits per heavy atom. The average molecular weight is 410 g/mol. The van der Waals surface area contributed by atoms with Gasteiger partial charge in [0.1, 0.15) is 16.7 Å². The van der Waals surface area contributed by atoms with Gasteiger partial charge in [-0.05, 0) is 52.0 Å². The van der Waals surface area contributed by atoms with Crippen molar-refractivity contribution in [1.29, 1.82) is 0 Å². The summed E-state index contributed by atoms with van der Waals surface area (Å²) >= 11 is 7.25. The summed E-state index contributed by atoms with van der Waals surface area (Å²) in [6, 6.07) is 11.0. The first-order valence-electron chi connectivity index (χ1n) is 8.32. The number of thioether (sulfide) groups is 1. The van der Waals surface area contributed by atoms with E-state index in [4.69, 9.17) is 16.3 Å². The molecule has 2 aromatic rings. The highest BCUT2D eigenvalue weighted by molar-refractivity contribution is 8.00. The van der Waals surface area contributed by atoms with Crippen LogP contribution in [0, 0.1) is 5.82 Å². The summed E-state index contributed by atoms with van der Waals surface area (Å²) < 4.78 is 19.6. The molecule has 0 fully saturated rings. The summed E-state index contributed by atoms with van der Waals surface area (Å²) in [6.45, 7) is 7.03. The topological polar surface area (TPSA) is 55.4 Å². The highest BCUT2D eigenvalue weighted by Gasteiger charge is 2.24. The van der Waals surface area contributed by atoms with Crippen molar-refractivity contribution in [3.63, 3.8) is 0 Å². The smallest absolute Gasteiger partial charge is 0.319 e. The van der Waals surface area contributed by atoms with Crippen molar-refractivity contribution in [2.45, 2.75) is 43.4 Å². The van der Waals surface area contributed by atoms with E-state index in [1.165, 1.54) is 6.07 Å². The third kappa shape index (κ3) is 6.26. The van der Waals surface area contributed by atoms with E-state index in [1.54, 1.807) is 58.0 Å². The predicted octanol–water partition coefficient (Wildman–Crippen LogP) is 5.55. The van der Waals surface area contributed by atoms with Crippen molar-refractivity contribution in [3.05, 3.63) is 58.9 Å². The molecule has 0 radical (unpaired) electrons. The van der Waals surface area contributed by atoms with Gasteiger partial charge in [0.25, 0.3) is 5.91 Å². The molecule has 0 saturated heterocycles.